The molecule has 0 spiro atoms. The lowest BCUT2D eigenvalue weighted by atomic mass is 10.2. The SMILES string of the molecule is CC(C)c1nc(CO)n(C)n1. The first-order chi connectivity index (χ1) is 5.15. The van der Waals surface area contributed by atoms with Gasteiger partial charge in [0, 0.05) is 13.0 Å². The first-order valence-electron chi connectivity index (χ1n) is 3.65. The number of nitrogens with zero attached hydrogens (tertiary/aromatic N) is 3. The molecule has 0 aliphatic rings. The molecule has 4 heteroatoms. The highest BCUT2D eigenvalue weighted by molar-refractivity contribution is 4.95. The molecule has 0 unspecified atom stereocenters. The molecule has 4 nitrogen and oxygen atoms in total. The highest BCUT2D eigenvalue weighted by atomic mass is 16.3. The van der Waals surface area contributed by atoms with E-state index >= 15 is 0 Å². The first kappa shape index (κ1) is 8.20. The van der Waals surface area contributed by atoms with Crippen molar-refractivity contribution in [2.45, 2.75) is 26.4 Å². The third-order valence-electron chi connectivity index (χ3n) is 1.53. The van der Waals surface area contributed by atoms with Crippen LogP contribution < -0.4 is 0 Å². The van der Waals surface area contributed by atoms with Crippen LogP contribution in [0, 0.1) is 0 Å². The van der Waals surface area contributed by atoms with Crippen LogP contribution in [0.1, 0.15) is 31.4 Å². The lowest BCUT2D eigenvalue weighted by Gasteiger charge is -1.93. The number of aliphatic hydroxyl groups excluding tert-OH is 1. The van der Waals surface area contributed by atoms with Gasteiger partial charge < -0.3 is 5.11 Å². The van der Waals surface area contributed by atoms with Crippen molar-refractivity contribution in [2.75, 3.05) is 0 Å². The summed E-state index contributed by atoms with van der Waals surface area (Å²) >= 11 is 0. The maximum Gasteiger partial charge on any atom is 0.153 e. The summed E-state index contributed by atoms with van der Waals surface area (Å²) in [6, 6.07) is 0. The molecule has 1 N–H and O–H groups in total. The summed E-state index contributed by atoms with van der Waals surface area (Å²) in [5.41, 5.74) is 0. The molecule has 0 aromatic carbocycles. The minimum Gasteiger partial charge on any atom is -0.388 e. The Kier molecular flexibility index (Phi) is 2.24. The molecule has 1 heterocycles. The van der Waals surface area contributed by atoms with Gasteiger partial charge in [-0.2, -0.15) is 5.10 Å². The van der Waals surface area contributed by atoms with Crippen molar-refractivity contribution in [2.24, 2.45) is 7.05 Å². The summed E-state index contributed by atoms with van der Waals surface area (Å²) in [4.78, 5) is 4.13. The van der Waals surface area contributed by atoms with Gasteiger partial charge in [0.15, 0.2) is 11.6 Å². The first-order valence-corrected chi connectivity index (χ1v) is 3.65. The molecule has 0 fully saturated rings. The lowest BCUT2D eigenvalue weighted by molar-refractivity contribution is 0.265. The fraction of sp³-hybridized carbons (Fsp3) is 0.714. The van der Waals surface area contributed by atoms with Crippen LogP contribution in [0.25, 0.3) is 0 Å². The molecule has 0 saturated heterocycles. The molecule has 0 bridgehead atoms. The van der Waals surface area contributed by atoms with E-state index in [2.05, 4.69) is 10.1 Å². The second-order valence-corrected chi connectivity index (χ2v) is 2.82. The Bertz CT molecular complexity index is 242. The smallest absolute Gasteiger partial charge is 0.153 e. The van der Waals surface area contributed by atoms with Gasteiger partial charge >= 0.3 is 0 Å². The van der Waals surface area contributed by atoms with E-state index in [1.807, 2.05) is 13.8 Å². The molecule has 1 rings (SSSR count). The van der Waals surface area contributed by atoms with Crippen LogP contribution >= 0.6 is 0 Å². The van der Waals surface area contributed by atoms with Crippen LogP contribution in [0.2, 0.25) is 0 Å². The minimum atomic E-state index is -0.0454. The minimum absolute atomic E-state index is 0.0454. The number of rotatable bonds is 2. The largest absolute Gasteiger partial charge is 0.388 e. The van der Waals surface area contributed by atoms with Crippen LogP contribution in [-0.2, 0) is 13.7 Å². The number of hydrogen-bond donors (Lipinski definition) is 1. The maximum atomic E-state index is 8.79. The molecular weight excluding hydrogens is 142 g/mol. The molecule has 0 atom stereocenters. The van der Waals surface area contributed by atoms with Crippen molar-refractivity contribution in [3.8, 4) is 0 Å². The van der Waals surface area contributed by atoms with Gasteiger partial charge in [-0.3, -0.25) is 4.68 Å². The Labute approximate surface area is 65.9 Å². The zero-order chi connectivity index (χ0) is 8.43. The van der Waals surface area contributed by atoms with E-state index in [1.165, 1.54) is 0 Å². The van der Waals surface area contributed by atoms with Crippen molar-refractivity contribution in [1.29, 1.82) is 0 Å². The van der Waals surface area contributed by atoms with Gasteiger partial charge in [-0.05, 0) is 0 Å². The van der Waals surface area contributed by atoms with Gasteiger partial charge in [0.2, 0.25) is 0 Å². The molecule has 62 valence electrons. The van der Waals surface area contributed by atoms with Crippen LogP contribution in [0.3, 0.4) is 0 Å². The second-order valence-electron chi connectivity index (χ2n) is 2.82. The van der Waals surface area contributed by atoms with E-state index in [4.69, 9.17) is 5.11 Å². The van der Waals surface area contributed by atoms with Gasteiger partial charge in [0.05, 0.1) is 0 Å². The van der Waals surface area contributed by atoms with Crippen molar-refractivity contribution in [3.63, 3.8) is 0 Å². The fourth-order valence-corrected chi connectivity index (χ4v) is 0.821. The molecule has 11 heavy (non-hydrogen) atoms. The molecule has 0 saturated carbocycles. The van der Waals surface area contributed by atoms with Crippen molar-refractivity contribution >= 4 is 0 Å². The van der Waals surface area contributed by atoms with Gasteiger partial charge in [0.1, 0.15) is 6.61 Å². The summed E-state index contributed by atoms with van der Waals surface area (Å²) in [6.07, 6.45) is 0. The Morgan fingerprint density at radius 1 is 1.55 bits per heavy atom. The Hall–Kier alpha value is -0.900. The number of aryl methyl sites for hydroxylation is 1. The number of aromatic nitrogens is 3. The van der Waals surface area contributed by atoms with E-state index in [-0.39, 0.29) is 6.61 Å². The Balaban J connectivity index is 2.95. The summed E-state index contributed by atoms with van der Waals surface area (Å²) in [5, 5.41) is 12.9. The average Bonchev–Trinajstić information content (AvgIpc) is 2.31. The van der Waals surface area contributed by atoms with Crippen LogP contribution in [-0.4, -0.2) is 19.9 Å². The zero-order valence-electron chi connectivity index (χ0n) is 7.07. The predicted molar refractivity (Wildman–Crippen MR) is 41.0 cm³/mol. The van der Waals surface area contributed by atoms with Crippen LogP contribution in [0.15, 0.2) is 0 Å². The van der Waals surface area contributed by atoms with Crippen molar-refractivity contribution in [1.82, 2.24) is 14.8 Å². The Morgan fingerprint density at radius 2 is 2.18 bits per heavy atom. The van der Waals surface area contributed by atoms with Crippen molar-refractivity contribution in [3.05, 3.63) is 11.6 Å². The third kappa shape index (κ3) is 1.57. The van der Waals surface area contributed by atoms with Gasteiger partial charge in [0.25, 0.3) is 0 Å². The molecule has 0 amide bonds. The molecule has 0 aliphatic carbocycles. The van der Waals surface area contributed by atoms with Crippen LogP contribution in [0.5, 0.6) is 0 Å². The zero-order valence-corrected chi connectivity index (χ0v) is 7.07. The number of aliphatic hydroxyl groups is 1. The lowest BCUT2D eigenvalue weighted by Crippen LogP contribution is -1.98. The standard InChI is InChI=1S/C7H13N3O/c1-5(2)7-8-6(4-11)10(3)9-7/h5,11H,4H2,1-3H3. The monoisotopic (exact) mass is 155 g/mol. The topological polar surface area (TPSA) is 50.9 Å². The van der Waals surface area contributed by atoms with E-state index in [9.17, 15) is 0 Å². The van der Waals surface area contributed by atoms with Crippen molar-refractivity contribution < 1.29 is 5.11 Å². The molecule has 1 aromatic rings. The average molecular weight is 155 g/mol. The predicted octanol–water partition coefficient (Wildman–Crippen LogP) is 0.431. The maximum absolute atomic E-state index is 8.79. The molecule has 0 aliphatic heterocycles. The quantitative estimate of drug-likeness (QED) is 0.673. The molecule has 0 radical (unpaired) electrons. The van der Waals surface area contributed by atoms with E-state index in [0.29, 0.717) is 11.7 Å². The Morgan fingerprint density at radius 3 is 2.45 bits per heavy atom. The van der Waals surface area contributed by atoms with Crippen LogP contribution in [0.4, 0.5) is 0 Å². The molecule has 1 aromatic heterocycles. The number of hydrogen-bond acceptors (Lipinski definition) is 3. The summed E-state index contributed by atoms with van der Waals surface area (Å²) in [6.45, 7) is 4.00. The highest BCUT2D eigenvalue weighted by Crippen LogP contribution is 2.08. The summed E-state index contributed by atoms with van der Waals surface area (Å²) in [7, 11) is 1.78. The third-order valence-corrected chi connectivity index (χ3v) is 1.53. The van der Waals surface area contributed by atoms with E-state index < -0.39 is 0 Å². The second kappa shape index (κ2) is 3.00. The van der Waals surface area contributed by atoms with Gasteiger partial charge in [-0.15, -0.1) is 0 Å². The van der Waals surface area contributed by atoms with E-state index in [0.717, 1.165) is 5.82 Å². The fourth-order valence-electron chi connectivity index (χ4n) is 0.821. The van der Waals surface area contributed by atoms with Gasteiger partial charge in [-0.1, -0.05) is 13.8 Å². The van der Waals surface area contributed by atoms with E-state index in [1.54, 1.807) is 11.7 Å². The summed E-state index contributed by atoms with van der Waals surface area (Å²) < 4.78 is 1.61. The highest BCUT2D eigenvalue weighted by Gasteiger charge is 2.08. The molecular formula is C7H13N3O. The summed E-state index contributed by atoms with van der Waals surface area (Å²) in [5.74, 6) is 1.73. The van der Waals surface area contributed by atoms with Gasteiger partial charge in [-0.25, -0.2) is 4.98 Å². The normalized spacial score (nSPS) is 11.0.